The third-order valence-electron chi connectivity index (χ3n) is 2.96. The van der Waals surface area contributed by atoms with Gasteiger partial charge in [-0.15, -0.1) is 0 Å². The Balaban J connectivity index is 4.80. The zero-order valence-electron chi connectivity index (χ0n) is 14.7. The molecule has 4 heteroatoms. The lowest BCUT2D eigenvalue weighted by Crippen LogP contribution is -2.45. The van der Waals surface area contributed by atoms with Gasteiger partial charge in [-0.05, 0) is 18.6 Å². The van der Waals surface area contributed by atoms with E-state index in [4.69, 9.17) is 0 Å². The summed E-state index contributed by atoms with van der Waals surface area (Å²) in [5.41, 5.74) is 1.25. The molecule has 0 fully saturated rings. The summed E-state index contributed by atoms with van der Waals surface area (Å²) < 4.78 is 0. The van der Waals surface area contributed by atoms with Gasteiger partial charge in [0.1, 0.15) is 6.04 Å². The van der Waals surface area contributed by atoms with Crippen LogP contribution in [0.25, 0.3) is 0 Å². The van der Waals surface area contributed by atoms with Crippen LogP contribution in [-0.2, 0) is 9.59 Å². The number of hydrogen-bond acceptors (Lipinski definition) is 2. The molecule has 0 aliphatic carbocycles. The topological polar surface area (TPSA) is 58.2 Å². The number of nitrogens with one attached hydrogen (secondary N) is 2. The Labute approximate surface area is 150 Å². The van der Waals surface area contributed by atoms with Crippen LogP contribution < -0.4 is 10.6 Å². The minimum Gasteiger partial charge on any atom is -0.350 e. The molecule has 0 aliphatic heterocycles. The molecule has 0 aromatic heterocycles. The Hall–Kier alpha value is -3.14. The van der Waals surface area contributed by atoms with Crippen LogP contribution in [0.15, 0.2) is 98.2 Å². The first-order valence-corrected chi connectivity index (χ1v) is 7.81. The van der Waals surface area contributed by atoms with Crippen molar-refractivity contribution in [2.45, 2.75) is 13.0 Å². The fraction of sp³-hybridized carbons (Fsp3) is 0.143. The predicted molar refractivity (Wildman–Crippen MR) is 106 cm³/mol. The SMILES string of the molecule is C=C/C=C\C(=C/C=C)CNC(=O)C(C)NC(=O)C(/C=C\C=C)=C/C=C. The molecule has 1 atom stereocenters. The third-order valence-corrected chi connectivity index (χ3v) is 2.96. The van der Waals surface area contributed by atoms with E-state index in [1.54, 1.807) is 55.5 Å². The number of rotatable bonds is 11. The van der Waals surface area contributed by atoms with E-state index in [0.29, 0.717) is 12.1 Å². The maximum atomic E-state index is 12.2. The lowest BCUT2D eigenvalue weighted by Gasteiger charge is -2.14. The minimum absolute atomic E-state index is 0.291. The van der Waals surface area contributed by atoms with Gasteiger partial charge in [0.2, 0.25) is 5.91 Å². The van der Waals surface area contributed by atoms with Gasteiger partial charge in [0.25, 0.3) is 5.91 Å². The number of amides is 2. The Bertz CT molecular complexity index is 634. The molecule has 1 unspecified atom stereocenters. The van der Waals surface area contributed by atoms with E-state index in [2.05, 4.69) is 36.9 Å². The van der Waals surface area contributed by atoms with Gasteiger partial charge in [0.15, 0.2) is 0 Å². The molecule has 0 saturated carbocycles. The van der Waals surface area contributed by atoms with E-state index < -0.39 is 6.04 Å². The molecular weight excluding hydrogens is 312 g/mol. The van der Waals surface area contributed by atoms with Crippen molar-refractivity contribution in [1.29, 1.82) is 0 Å². The number of hydrogen-bond donors (Lipinski definition) is 2. The second-order valence-electron chi connectivity index (χ2n) is 4.94. The van der Waals surface area contributed by atoms with Gasteiger partial charge >= 0.3 is 0 Å². The predicted octanol–water partition coefficient (Wildman–Crippen LogP) is 3.32. The van der Waals surface area contributed by atoms with E-state index in [9.17, 15) is 9.59 Å². The second kappa shape index (κ2) is 13.3. The summed E-state index contributed by atoms with van der Waals surface area (Å²) in [6.45, 7) is 16.3. The van der Waals surface area contributed by atoms with Crippen LogP contribution in [-0.4, -0.2) is 24.4 Å². The molecule has 0 radical (unpaired) electrons. The highest BCUT2D eigenvalue weighted by Gasteiger charge is 2.16. The van der Waals surface area contributed by atoms with E-state index in [0.717, 1.165) is 5.57 Å². The minimum atomic E-state index is -0.689. The average Bonchev–Trinajstić information content (AvgIpc) is 2.60. The summed E-state index contributed by atoms with van der Waals surface area (Å²) in [6.07, 6.45) is 16.5. The normalized spacial score (nSPS) is 13.3. The molecule has 0 rings (SSSR count). The van der Waals surface area contributed by atoms with Gasteiger partial charge in [-0.2, -0.15) is 0 Å². The second-order valence-corrected chi connectivity index (χ2v) is 4.94. The fourth-order valence-corrected chi connectivity index (χ4v) is 1.71. The number of carbonyl (C=O) groups excluding carboxylic acids is 2. The maximum absolute atomic E-state index is 12.2. The molecule has 0 saturated heterocycles. The van der Waals surface area contributed by atoms with Crippen LogP contribution in [0.5, 0.6) is 0 Å². The number of allylic oxidation sites excluding steroid dienone is 8. The van der Waals surface area contributed by atoms with Crippen LogP contribution in [0.2, 0.25) is 0 Å². The smallest absolute Gasteiger partial charge is 0.251 e. The van der Waals surface area contributed by atoms with Gasteiger partial charge in [-0.25, -0.2) is 0 Å². The van der Waals surface area contributed by atoms with Gasteiger partial charge in [-0.1, -0.05) is 81.0 Å². The Morgan fingerprint density at radius 3 is 2.08 bits per heavy atom. The fourth-order valence-electron chi connectivity index (χ4n) is 1.71. The highest BCUT2D eigenvalue weighted by atomic mass is 16.2. The van der Waals surface area contributed by atoms with Crippen molar-refractivity contribution in [2.75, 3.05) is 6.54 Å². The molecule has 4 nitrogen and oxygen atoms in total. The average molecular weight is 338 g/mol. The lowest BCUT2D eigenvalue weighted by atomic mass is 10.1. The lowest BCUT2D eigenvalue weighted by molar-refractivity contribution is -0.126. The quantitative estimate of drug-likeness (QED) is 0.448. The monoisotopic (exact) mass is 338 g/mol. The van der Waals surface area contributed by atoms with Gasteiger partial charge in [-0.3, -0.25) is 9.59 Å². The summed E-state index contributed by atoms with van der Waals surface area (Å²) in [6, 6.07) is -0.689. The van der Waals surface area contributed by atoms with Gasteiger partial charge < -0.3 is 10.6 Å². The van der Waals surface area contributed by atoms with Crippen molar-refractivity contribution < 1.29 is 9.59 Å². The van der Waals surface area contributed by atoms with E-state index in [-0.39, 0.29) is 11.8 Å². The Morgan fingerprint density at radius 1 is 0.920 bits per heavy atom. The molecule has 0 aromatic carbocycles. The molecular formula is C21H26N2O2. The zero-order chi connectivity index (χ0) is 19.1. The number of carbonyl (C=O) groups is 2. The van der Waals surface area contributed by atoms with E-state index in [1.807, 2.05) is 6.08 Å². The molecule has 0 spiro atoms. The Kier molecular flexibility index (Phi) is 11.6. The summed E-state index contributed by atoms with van der Waals surface area (Å²) in [5, 5.41) is 5.41. The molecule has 0 heterocycles. The third kappa shape index (κ3) is 9.56. The van der Waals surface area contributed by atoms with E-state index in [1.165, 1.54) is 6.08 Å². The summed E-state index contributed by atoms with van der Waals surface area (Å²) in [5.74, 6) is -0.657. The van der Waals surface area contributed by atoms with Crippen LogP contribution in [0, 0.1) is 0 Å². The van der Waals surface area contributed by atoms with Crippen molar-refractivity contribution >= 4 is 11.8 Å². The molecule has 25 heavy (non-hydrogen) atoms. The zero-order valence-corrected chi connectivity index (χ0v) is 14.7. The van der Waals surface area contributed by atoms with Gasteiger partial charge in [0, 0.05) is 12.1 Å². The largest absolute Gasteiger partial charge is 0.350 e. The van der Waals surface area contributed by atoms with Crippen LogP contribution >= 0.6 is 0 Å². The van der Waals surface area contributed by atoms with Crippen LogP contribution in [0.3, 0.4) is 0 Å². The first kappa shape index (κ1) is 21.9. The van der Waals surface area contributed by atoms with Crippen molar-refractivity contribution in [1.82, 2.24) is 10.6 Å². The summed E-state index contributed by atoms with van der Waals surface area (Å²) >= 11 is 0. The standard InChI is InChI=1S/C21H26N2O2/c1-6-10-14-18(12-8-3)16-22-20(24)17(5)23-21(25)19(13-9-4)15-11-7-2/h6-15,17H,1-4,16H2,5H3,(H,22,24)(H,23,25)/b14-10-,15-11-,18-12+,19-13+. The first-order chi connectivity index (χ1) is 12.0. The van der Waals surface area contributed by atoms with Crippen molar-refractivity contribution in [3.63, 3.8) is 0 Å². The highest BCUT2D eigenvalue weighted by Crippen LogP contribution is 2.00. The van der Waals surface area contributed by atoms with Crippen molar-refractivity contribution in [3.05, 3.63) is 98.2 Å². The molecule has 0 bridgehead atoms. The molecule has 0 aliphatic rings. The highest BCUT2D eigenvalue weighted by molar-refractivity contribution is 5.99. The summed E-state index contributed by atoms with van der Waals surface area (Å²) in [7, 11) is 0. The van der Waals surface area contributed by atoms with Crippen LogP contribution in [0.4, 0.5) is 0 Å². The van der Waals surface area contributed by atoms with Gasteiger partial charge in [0.05, 0.1) is 0 Å². The molecule has 2 amide bonds. The van der Waals surface area contributed by atoms with Crippen molar-refractivity contribution in [3.8, 4) is 0 Å². The molecule has 132 valence electrons. The summed E-state index contributed by atoms with van der Waals surface area (Å²) in [4.78, 5) is 24.4. The van der Waals surface area contributed by atoms with Crippen LogP contribution in [0.1, 0.15) is 6.92 Å². The van der Waals surface area contributed by atoms with E-state index >= 15 is 0 Å². The van der Waals surface area contributed by atoms with Crippen molar-refractivity contribution in [2.24, 2.45) is 0 Å². The molecule has 2 N–H and O–H groups in total. The maximum Gasteiger partial charge on any atom is 0.251 e. The first-order valence-electron chi connectivity index (χ1n) is 7.81. The Morgan fingerprint density at radius 2 is 1.52 bits per heavy atom. The molecule has 0 aromatic rings.